The Morgan fingerprint density at radius 2 is 1.77 bits per heavy atom. The fourth-order valence-corrected chi connectivity index (χ4v) is 4.51. The maximum atomic E-state index is 13.2. The number of rotatable bonds is 5. The molecule has 4 rings (SSSR count). The van der Waals surface area contributed by atoms with E-state index in [1.807, 2.05) is 18.7 Å². The number of allylic oxidation sites excluding steroid dienone is 1. The Bertz CT molecular complexity index is 927. The van der Waals surface area contributed by atoms with E-state index in [1.165, 1.54) is 6.33 Å². The van der Waals surface area contributed by atoms with Gasteiger partial charge in [-0.3, -0.25) is 9.69 Å². The van der Waals surface area contributed by atoms with Crippen molar-refractivity contribution >= 4 is 11.5 Å². The largest absolute Gasteiger partial charge is 0.379 e. The summed E-state index contributed by atoms with van der Waals surface area (Å²) in [6, 6.07) is 8.92. The number of morpholine rings is 1. The van der Waals surface area contributed by atoms with Crippen molar-refractivity contribution in [1.82, 2.24) is 19.8 Å². The average molecular weight is 421 g/mol. The molecule has 2 aliphatic heterocycles. The van der Waals surface area contributed by atoms with Crippen molar-refractivity contribution in [3.8, 4) is 0 Å². The molecule has 1 aromatic carbocycles. The SMILES string of the molecule is C=C(C)c1ccc(Cc2ncnc(C(=O)N3CCC(N4CCOCC4)CC3)c2C)cc1. The Kier molecular flexibility index (Phi) is 6.78. The zero-order valence-electron chi connectivity index (χ0n) is 18.6. The summed E-state index contributed by atoms with van der Waals surface area (Å²) in [5, 5.41) is 0. The molecule has 0 aliphatic carbocycles. The molecule has 0 N–H and O–H groups in total. The van der Waals surface area contributed by atoms with Gasteiger partial charge in [0.05, 0.1) is 18.9 Å². The molecule has 1 amide bonds. The van der Waals surface area contributed by atoms with E-state index in [0.717, 1.165) is 80.2 Å². The van der Waals surface area contributed by atoms with Crippen LogP contribution in [0.2, 0.25) is 0 Å². The first-order chi connectivity index (χ1) is 15.0. The Balaban J connectivity index is 1.41. The molecule has 1 aromatic heterocycles. The van der Waals surface area contributed by atoms with Gasteiger partial charge in [-0.1, -0.05) is 36.4 Å². The summed E-state index contributed by atoms with van der Waals surface area (Å²) in [6.45, 7) is 13.2. The molecule has 2 aromatic rings. The third-order valence-electron chi connectivity index (χ3n) is 6.52. The standard InChI is InChI=1S/C25H32N4O2/c1-18(2)21-6-4-20(5-7-21)16-23-19(3)24(27-17-26-23)25(30)29-10-8-22(9-11-29)28-12-14-31-15-13-28/h4-7,17,22H,1,8-16H2,2-3H3. The number of amides is 1. The van der Waals surface area contributed by atoms with Gasteiger partial charge in [-0.25, -0.2) is 9.97 Å². The second-order valence-corrected chi connectivity index (χ2v) is 8.62. The van der Waals surface area contributed by atoms with Gasteiger partial charge in [0.2, 0.25) is 0 Å². The molecule has 3 heterocycles. The predicted molar refractivity (Wildman–Crippen MR) is 122 cm³/mol. The number of hydrogen-bond acceptors (Lipinski definition) is 5. The molecular weight excluding hydrogens is 388 g/mol. The van der Waals surface area contributed by atoms with Crippen molar-refractivity contribution in [2.24, 2.45) is 0 Å². The monoisotopic (exact) mass is 420 g/mol. The minimum Gasteiger partial charge on any atom is -0.379 e. The molecule has 0 atom stereocenters. The molecule has 0 saturated carbocycles. The second kappa shape index (κ2) is 9.71. The summed E-state index contributed by atoms with van der Waals surface area (Å²) in [4.78, 5) is 26.5. The van der Waals surface area contributed by atoms with Crippen molar-refractivity contribution in [3.05, 3.63) is 65.2 Å². The molecule has 2 aliphatic rings. The van der Waals surface area contributed by atoms with Crippen molar-refractivity contribution in [3.63, 3.8) is 0 Å². The van der Waals surface area contributed by atoms with Crippen molar-refractivity contribution in [2.75, 3.05) is 39.4 Å². The molecule has 0 spiro atoms. The van der Waals surface area contributed by atoms with Crippen LogP contribution in [0.15, 0.2) is 37.2 Å². The van der Waals surface area contributed by atoms with E-state index in [4.69, 9.17) is 4.74 Å². The molecule has 164 valence electrons. The fourth-order valence-electron chi connectivity index (χ4n) is 4.51. The number of carbonyl (C=O) groups is 1. The Morgan fingerprint density at radius 3 is 2.42 bits per heavy atom. The second-order valence-electron chi connectivity index (χ2n) is 8.62. The first kappa shape index (κ1) is 21.7. The summed E-state index contributed by atoms with van der Waals surface area (Å²) < 4.78 is 5.47. The summed E-state index contributed by atoms with van der Waals surface area (Å²) >= 11 is 0. The number of piperidine rings is 1. The lowest BCUT2D eigenvalue weighted by Gasteiger charge is -2.40. The smallest absolute Gasteiger partial charge is 0.272 e. The van der Waals surface area contributed by atoms with Gasteiger partial charge in [0, 0.05) is 44.2 Å². The Morgan fingerprint density at radius 1 is 1.10 bits per heavy atom. The van der Waals surface area contributed by atoms with Gasteiger partial charge >= 0.3 is 0 Å². The van der Waals surface area contributed by atoms with Gasteiger partial charge in [0.25, 0.3) is 5.91 Å². The lowest BCUT2D eigenvalue weighted by atomic mass is 10.00. The van der Waals surface area contributed by atoms with Crippen LogP contribution in [0.25, 0.3) is 5.57 Å². The van der Waals surface area contributed by atoms with Gasteiger partial charge in [-0.05, 0) is 37.8 Å². The number of ether oxygens (including phenoxy) is 1. The van der Waals surface area contributed by atoms with Gasteiger partial charge < -0.3 is 9.64 Å². The normalized spacial score (nSPS) is 18.2. The maximum Gasteiger partial charge on any atom is 0.272 e. The number of hydrogen-bond donors (Lipinski definition) is 0. The topological polar surface area (TPSA) is 58.6 Å². The van der Waals surface area contributed by atoms with Crippen LogP contribution in [-0.4, -0.2) is 71.1 Å². The Hall–Kier alpha value is -2.57. The first-order valence-electron chi connectivity index (χ1n) is 11.2. The zero-order chi connectivity index (χ0) is 21.8. The third kappa shape index (κ3) is 5.02. The lowest BCUT2D eigenvalue weighted by molar-refractivity contribution is 0.00151. The van der Waals surface area contributed by atoms with E-state index < -0.39 is 0 Å². The summed E-state index contributed by atoms with van der Waals surface area (Å²) in [5.74, 6) is 0.0270. The van der Waals surface area contributed by atoms with Gasteiger partial charge in [0.15, 0.2) is 0 Å². The fraction of sp³-hybridized carbons (Fsp3) is 0.480. The quantitative estimate of drug-likeness (QED) is 0.743. The van der Waals surface area contributed by atoms with E-state index >= 15 is 0 Å². The highest BCUT2D eigenvalue weighted by Crippen LogP contribution is 2.22. The van der Waals surface area contributed by atoms with Crippen molar-refractivity contribution in [2.45, 2.75) is 39.2 Å². The van der Waals surface area contributed by atoms with Gasteiger partial charge in [0.1, 0.15) is 12.0 Å². The highest BCUT2D eigenvalue weighted by molar-refractivity contribution is 5.93. The van der Waals surface area contributed by atoms with E-state index in [-0.39, 0.29) is 5.91 Å². The molecule has 2 fully saturated rings. The van der Waals surface area contributed by atoms with Crippen LogP contribution in [0.5, 0.6) is 0 Å². The van der Waals surface area contributed by atoms with Gasteiger partial charge in [-0.15, -0.1) is 0 Å². The number of likely N-dealkylation sites (tertiary alicyclic amines) is 1. The van der Waals surface area contributed by atoms with Crippen LogP contribution in [0, 0.1) is 6.92 Å². The van der Waals surface area contributed by atoms with E-state index in [9.17, 15) is 4.79 Å². The molecule has 31 heavy (non-hydrogen) atoms. The van der Waals surface area contributed by atoms with Gasteiger partial charge in [-0.2, -0.15) is 0 Å². The van der Waals surface area contributed by atoms with Crippen LogP contribution in [0.4, 0.5) is 0 Å². The molecule has 2 saturated heterocycles. The highest BCUT2D eigenvalue weighted by atomic mass is 16.5. The minimum absolute atomic E-state index is 0.0270. The van der Waals surface area contributed by atoms with Crippen LogP contribution in [0.1, 0.15) is 52.6 Å². The third-order valence-corrected chi connectivity index (χ3v) is 6.52. The minimum atomic E-state index is 0.0270. The van der Waals surface area contributed by atoms with Crippen LogP contribution < -0.4 is 0 Å². The highest BCUT2D eigenvalue weighted by Gasteiger charge is 2.29. The zero-order valence-corrected chi connectivity index (χ0v) is 18.6. The van der Waals surface area contributed by atoms with Crippen LogP contribution in [-0.2, 0) is 11.2 Å². The molecule has 0 unspecified atom stereocenters. The molecular formula is C25H32N4O2. The van der Waals surface area contributed by atoms with Crippen LogP contribution >= 0.6 is 0 Å². The van der Waals surface area contributed by atoms with Crippen LogP contribution in [0.3, 0.4) is 0 Å². The summed E-state index contributed by atoms with van der Waals surface area (Å²) in [7, 11) is 0. The molecule has 0 radical (unpaired) electrons. The number of nitrogens with zero attached hydrogens (tertiary/aromatic N) is 4. The van der Waals surface area contributed by atoms with E-state index in [2.05, 4.69) is 45.7 Å². The summed E-state index contributed by atoms with van der Waals surface area (Å²) in [6.07, 6.45) is 4.23. The summed E-state index contributed by atoms with van der Waals surface area (Å²) in [5.41, 5.74) is 5.68. The van der Waals surface area contributed by atoms with E-state index in [1.54, 1.807) is 0 Å². The number of aromatic nitrogens is 2. The van der Waals surface area contributed by atoms with Crippen molar-refractivity contribution < 1.29 is 9.53 Å². The molecule has 6 nitrogen and oxygen atoms in total. The number of carbonyl (C=O) groups excluding carboxylic acids is 1. The van der Waals surface area contributed by atoms with E-state index in [0.29, 0.717) is 18.2 Å². The predicted octanol–water partition coefficient (Wildman–Crippen LogP) is 3.35. The average Bonchev–Trinajstić information content (AvgIpc) is 2.81. The maximum absolute atomic E-state index is 13.2. The lowest BCUT2D eigenvalue weighted by Crippen LogP contribution is -2.50. The molecule has 0 bridgehead atoms. The van der Waals surface area contributed by atoms with Crippen molar-refractivity contribution in [1.29, 1.82) is 0 Å². The number of benzene rings is 1. The first-order valence-corrected chi connectivity index (χ1v) is 11.2. The molecule has 6 heteroatoms. The Labute approximate surface area is 184 Å².